The van der Waals surface area contributed by atoms with Crippen LogP contribution in [0.2, 0.25) is 0 Å². The SMILES string of the molecule is CCCNC(=O)COC(=O)c1cccnc1OCC. The molecule has 0 aliphatic rings. The summed E-state index contributed by atoms with van der Waals surface area (Å²) in [6, 6.07) is 3.15. The molecule has 0 fully saturated rings. The zero-order valence-electron chi connectivity index (χ0n) is 11.1. The first-order valence-corrected chi connectivity index (χ1v) is 6.20. The van der Waals surface area contributed by atoms with Crippen LogP contribution in [0.3, 0.4) is 0 Å². The summed E-state index contributed by atoms with van der Waals surface area (Å²) in [4.78, 5) is 27.1. The normalized spacial score (nSPS) is 9.79. The van der Waals surface area contributed by atoms with Gasteiger partial charge >= 0.3 is 5.97 Å². The van der Waals surface area contributed by atoms with Gasteiger partial charge in [0, 0.05) is 12.7 Å². The Hall–Kier alpha value is -2.11. The van der Waals surface area contributed by atoms with Gasteiger partial charge < -0.3 is 14.8 Å². The van der Waals surface area contributed by atoms with Gasteiger partial charge in [-0.05, 0) is 25.5 Å². The Morgan fingerprint density at radius 1 is 1.37 bits per heavy atom. The number of carbonyl (C=O) groups is 2. The van der Waals surface area contributed by atoms with Gasteiger partial charge in [-0.2, -0.15) is 0 Å². The van der Waals surface area contributed by atoms with E-state index in [2.05, 4.69) is 10.3 Å². The van der Waals surface area contributed by atoms with Gasteiger partial charge in [-0.1, -0.05) is 6.92 Å². The smallest absolute Gasteiger partial charge is 0.344 e. The lowest BCUT2D eigenvalue weighted by molar-refractivity contribution is -0.124. The molecule has 0 aliphatic heterocycles. The summed E-state index contributed by atoms with van der Waals surface area (Å²) in [6.07, 6.45) is 2.35. The van der Waals surface area contributed by atoms with E-state index in [1.807, 2.05) is 6.92 Å². The maximum absolute atomic E-state index is 11.8. The quantitative estimate of drug-likeness (QED) is 0.749. The Bertz CT molecular complexity index is 434. The van der Waals surface area contributed by atoms with Crippen molar-refractivity contribution in [1.82, 2.24) is 10.3 Å². The molecule has 1 rings (SSSR count). The fourth-order valence-corrected chi connectivity index (χ4v) is 1.32. The van der Waals surface area contributed by atoms with Crippen LogP contribution in [0.25, 0.3) is 0 Å². The Morgan fingerprint density at radius 3 is 2.84 bits per heavy atom. The van der Waals surface area contributed by atoms with E-state index < -0.39 is 5.97 Å². The molecular formula is C13H18N2O4. The fourth-order valence-electron chi connectivity index (χ4n) is 1.32. The topological polar surface area (TPSA) is 77.5 Å². The molecule has 6 heteroatoms. The number of hydrogen-bond acceptors (Lipinski definition) is 5. The molecule has 1 N–H and O–H groups in total. The predicted octanol–water partition coefficient (Wildman–Crippen LogP) is 1.16. The van der Waals surface area contributed by atoms with Gasteiger partial charge in [-0.25, -0.2) is 9.78 Å². The number of pyridine rings is 1. The Balaban J connectivity index is 2.56. The van der Waals surface area contributed by atoms with Crippen LogP contribution in [-0.2, 0) is 9.53 Å². The zero-order chi connectivity index (χ0) is 14.1. The molecule has 0 unspecified atom stereocenters. The molecule has 1 aromatic rings. The lowest BCUT2D eigenvalue weighted by atomic mass is 10.3. The molecule has 0 bridgehead atoms. The van der Waals surface area contributed by atoms with Crippen molar-refractivity contribution in [2.24, 2.45) is 0 Å². The molecule has 0 aliphatic carbocycles. The number of nitrogens with zero attached hydrogens (tertiary/aromatic N) is 1. The Labute approximate surface area is 112 Å². The fraction of sp³-hybridized carbons (Fsp3) is 0.462. The standard InChI is InChI=1S/C13H18N2O4/c1-3-7-14-11(16)9-19-13(17)10-6-5-8-15-12(10)18-4-2/h5-6,8H,3-4,7,9H2,1-2H3,(H,14,16). The van der Waals surface area contributed by atoms with Crippen LogP contribution >= 0.6 is 0 Å². The van der Waals surface area contributed by atoms with Crippen molar-refractivity contribution in [1.29, 1.82) is 0 Å². The lowest BCUT2D eigenvalue weighted by Gasteiger charge is -2.08. The molecule has 0 saturated carbocycles. The highest BCUT2D eigenvalue weighted by Crippen LogP contribution is 2.15. The predicted molar refractivity (Wildman–Crippen MR) is 69.0 cm³/mol. The van der Waals surface area contributed by atoms with Crippen LogP contribution < -0.4 is 10.1 Å². The van der Waals surface area contributed by atoms with Crippen LogP contribution in [0.1, 0.15) is 30.6 Å². The maximum Gasteiger partial charge on any atom is 0.344 e. The number of carbonyl (C=O) groups excluding carboxylic acids is 2. The maximum atomic E-state index is 11.8. The van der Waals surface area contributed by atoms with Crippen molar-refractivity contribution in [3.8, 4) is 5.88 Å². The second-order valence-corrected chi connectivity index (χ2v) is 3.72. The molecule has 6 nitrogen and oxygen atoms in total. The van der Waals surface area contributed by atoms with Crippen molar-refractivity contribution >= 4 is 11.9 Å². The number of rotatable bonds is 7. The van der Waals surface area contributed by atoms with Gasteiger partial charge in [0.2, 0.25) is 5.88 Å². The van der Waals surface area contributed by atoms with E-state index in [1.165, 1.54) is 6.20 Å². The van der Waals surface area contributed by atoms with Gasteiger partial charge in [-0.15, -0.1) is 0 Å². The summed E-state index contributed by atoms with van der Waals surface area (Å²) in [5, 5.41) is 2.62. The summed E-state index contributed by atoms with van der Waals surface area (Å²) in [5.41, 5.74) is 0.215. The summed E-state index contributed by atoms with van der Waals surface area (Å²) in [6.45, 7) is 4.39. The van der Waals surface area contributed by atoms with Crippen molar-refractivity contribution in [2.75, 3.05) is 19.8 Å². The minimum atomic E-state index is -0.622. The molecule has 0 radical (unpaired) electrons. The number of esters is 1. The van der Waals surface area contributed by atoms with Gasteiger partial charge in [-0.3, -0.25) is 4.79 Å². The van der Waals surface area contributed by atoms with Gasteiger partial charge in [0.15, 0.2) is 6.61 Å². The highest BCUT2D eigenvalue weighted by Gasteiger charge is 2.15. The average Bonchev–Trinajstić information content (AvgIpc) is 2.43. The number of aromatic nitrogens is 1. The largest absolute Gasteiger partial charge is 0.477 e. The Morgan fingerprint density at radius 2 is 2.16 bits per heavy atom. The number of ether oxygens (including phenoxy) is 2. The highest BCUT2D eigenvalue weighted by atomic mass is 16.5. The zero-order valence-corrected chi connectivity index (χ0v) is 11.1. The first kappa shape index (κ1) is 14.9. The van der Waals surface area contributed by atoms with Crippen LogP contribution in [0.15, 0.2) is 18.3 Å². The first-order chi connectivity index (χ1) is 9.19. The van der Waals surface area contributed by atoms with E-state index in [0.29, 0.717) is 13.2 Å². The van der Waals surface area contributed by atoms with Crippen LogP contribution in [0, 0.1) is 0 Å². The van der Waals surface area contributed by atoms with Crippen molar-refractivity contribution < 1.29 is 19.1 Å². The summed E-state index contributed by atoms with van der Waals surface area (Å²) >= 11 is 0. The summed E-state index contributed by atoms with van der Waals surface area (Å²) in [7, 11) is 0. The molecule has 1 amide bonds. The van der Waals surface area contributed by atoms with E-state index in [9.17, 15) is 9.59 Å². The molecule has 0 saturated heterocycles. The van der Waals surface area contributed by atoms with E-state index in [4.69, 9.17) is 9.47 Å². The molecule has 1 heterocycles. The molecule has 19 heavy (non-hydrogen) atoms. The van der Waals surface area contributed by atoms with Crippen LogP contribution in [-0.4, -0.2) is 36.6 Å². The Kier molecular flexibility index (Phi) is 6.35. The van der Waals surface area contributed by atoms with E-state index >= 15 is 0 Å². The third-order valence-electron chi connectivity index (χ3n) is 2.18. The second kappa shape index (κ2) is 8.07. The van der Waals surface area contributed by atoms with Crippen molar-refractivity contribution in [3.63, 3.8) is 0 Å². The third-order valence-corrected chi connectivity index (χ3v) is 2.18. The average molecular weight is 266 g/mol. The lowest BCUT2D eigenvalue weighted by Crippen LogP contribution is -2.29. The van der Waals surface area contributed by atoms with Gasteiger partial charge in [0.1, 0.15) is 5.56 Å². The molecule has 104 valence electrons. The van der Waals surface area contributed by atoms with E-state index in [0.717, 1.165) is 6.42 Å². The van der Waals surface area contributed by atoms with E-state index in [1.54, 1.807) is 19.1 Å². The van der Waals surface area contributed by atoms with Crippen LogP contribution in [0.4, 0.5) is 0 Å². The summed E-state index contributed by atoms with van der Waals surface area (Å²) in [5.74, 6) is -0.732. The van der Waals surface area contributed by atoms with Crippen LogP contribution in [0.5, 0.6) is 5.88 Å². The van der Waals surface area contributed by atoms with E-state index in [-0.39, 0.29) is 24.0 Å². The number of hydrogen-bond donors (Lipinski definition) is 1. The molecule has 1 aromatic heterocycles. The summed E-state index contributed by atoms with van der Waals surface area (Å²) < 4.78 is 10.1. The van der Waals surface area contributed by atoms with Crippen molar-refractivity contribution in [2.45, 2.75) is 20.3 Å². The minimum Gasteiger partial charge on any atom is -0.477 e. The monoisotopic (exact) mass is 266 g/mol. The van der Waals surface area contributed by atoms with Crippen molar-refractivity contribution in [3.05, 3.63) is 23.9 Å². The second-order valence-electron chi connectivity index (χ2n) is 3.72. The van der Waals surface area contributed by atoms with Gasteiger partial charge in [0.05, 0.1) is 6.61 Å². The first-order valence-electron chi connectivity index (χ1n) is 6.20. The molecular weight excluding hydrogens is 248 g/mol. The highest BCUT2D eigenvalue weighted by molar-refractivity contribution is 5.93. The third kappa shape index (κ3) is 4.95. The minimum absolute atomic E-state index is 0.212. The molecule has 0 aromatic carbocycles. The number of nitrogens with one attached hydrogen (secondary N) is 1. The van der Waals surface area contributed by atoms with Gasteiger partial charge in [0.25, 0.3) is 5.91 Å². The number of amides is 1. The molecule has 0 spiro atoms. The molecule has 0 atom stereocenters.